The molecule has 9 heteroatoms. The molecule has 146 valence electrons. The molecule has 0 unspecified atom stereocenters. The number of rotatable bonds is 4. The summed E-state index contributed by atoms with van der Waals surface area (Å²) in [6, 6.07) is -1.24. The van der Waals surface area contributed by atoms with Crippen molar-refractivity contribution in [2.24, 2.45) is 5.92 Å². The molecular weight excluding hydrogens is 343 g/mol. The second kappa shape index (κ2) is 9.13. The number of carboxylic acid groups (broad SMARTS) is 1. The number of likely N-dealkylation sites (N-methyl/N-ethyl adjacent to an activating group) is 2. The van der Waals surface area contributed by atoms with Gasteiger partial charge in [0.15, 0.2) is 0 Å². The number of piperidine rings is 1. The van der Waals surface area contributed by atoms with E-state index in [-0.39, 0.29) is 42.3 Å². The maximum Gasteiger partial charge on any atom is 1.00 e. The SMILES string of the molecule is C=CC(=O)N1CN(C)C2(CCN(C(=O)N(C)[C@H](C(=O)[O-])C(C)C)CC2)C1.[Li+]. The molecular formula is C18H29LiN4O4. The van der Waals surface area contributed by atoms with E-state index < -0.39 is 12.0 Å². The molecule has 2 fully saturated rings. The molecule has 0 radical (unpaired) electrons. The Kier molecular flexibility index (Phi) is 7.96. The minimum absolute atomic E-state index is 0. The summed E-state index contributed by atoms with van der Waals surface area (Å²) in [5, 5.41) is 11.4. The Balaban J connectivity index is 0.00000364. The van der Waals surface area contributed by atoms with Crippen molar-refractivity contribution < 1.29 is 38.4 Å². The van der Waals surface area contributed by atoms with Crippen LogP contribution in [0, 0.1) is 5.92 Å². The predicted molar refractivity (Wildman–Crippen MR) is 94.9 cm³/mol. The molecule has 0 aliphatic carbocycles. The van der Waals surface area contributed by atoms with Crippen molar-refractivity contribution in [3.05, 3.63) is 12.7 Å². The van der Waals surface area contributed by atoms with Crippen LogP contribution in [0.3, 0.4) is 0 Å². The molecule has 0 bridgehead atoms. The van der Waals surface area contributed by atoms with Gasteiger partial charge >= 0.3 is 24.9 Å². The normalized spacial score (nSPS) is 20.3. The summed E-state index contributed by atoms with van der Waals surface area (Å²) >= 11 is 0. The fourth-order valence-corrected chi connectivity index (χ4v) is 4.08. The van der Waals surface area contributed by atoms with Gasteiger partial charge in [0.05, 0.1) is 18.7 Å². The van der Waals surface area contributed by atoms with Crippen LogP contribution in [-0.4, -0.2) is 89.5 Å². The van der Waals surface area contributed by atoms with Crippen LogP contribution in [-0.2, 0) is 9.59 Å². The van der Waals surface area contributed by atoms with Gasteiger partial charge < -0.3 is 24.6 Å². The van der Waals surface area contributed by atoms with Crippen molar-refractivity contribution in [1.29, 1.82) is 0 Å². The number of carbonyl (C=O) groups excluding carboxylic acids is 3. The monoisotopic (exact) mass is 372 g/mol. The molecule has 3 amide bonds. The molecule has 2 aliphatic rings. The van der Waals surface area contributed by atoms with Crippen molar-refractivity contribution in [1.82, 2.24) is 19.6 Å². The van der Waals surface area contributed by atoms with Crippen molar-refractivity contribution in [3.63, 3.8) is 0 Å². The van der Waals surface area contributed by atoms with Crippen molar-refractivity contribution in [3.8, 4) is 0 Å². The Morgan fingerprint density at radius 2 is 1.74 bits per heavy atom. The van der Waals surface area contributed by atoms with Gasteiger partial charge in [0.1, 0.15) is 0 Å². The Bertz CT molecular complexity index is 590. The molecule has 0 aromatic heterocycles. The zero-order chi connectivity index (χ0) is 19.6. The second-order valence-corrected chi connectivity index (χ2v) is 7.69. The molecule has 2 heterocycles. The molecule has 2 saturated heterocycles. The third-order valence-electron chi connectivity index (χ3n) is 5.72. The number of aliphatic carboxylic acids is 1. The number of carboxylic acids is 1. The number of likely N-dealkylation sites (tertiary alicyclic amines) is 1. The van der Waals surface area contributed by atoms with Gasteiger partial charge in [-0.15, -0.1) is 0 Å². The van der Waals surface area contributed by atoms with Crippen LogP contribution in [0.1, 0.15) is 26.7 Å². The van der Waals surface area contributed by atoms with Crippen molar-refractivity contribution in [2.75, 3.05) is 40.4 Å². The zero-order valence-electron chi connectivity index (χ0n) is 17.1. The van der Waals surface area contributed by atoms with E-state index in [9.17, 15) is 19.5 Å². The van der Waals surface area contributed by atoms with Gasteiger partial charge in [-0.3, -0.25) is 9.69 Å². The van der Waals surface area contributed by atoms with Gasteiger partial charge in [-0.1, -0.05) is 20.4 Å². The molecule has 0 aromatic rings. The number of carbonyl (C=O) groups is 3. The van der Waals surface area contributed by atoms with E-state index in [1.165, 1.54) is 18.0 Å². The number of hydrogen-bond acceptors (Lipinski definition) is 5. The molecule has 27 heavy (non-hydrogen) atoms. The quantitative estimate of drug-likeness (QED) is 0.379. The van der Waals surface area contributed by atoms with Crippen molar-refractivity contribution in [2.45, 2.75) is 38.3 Å². The molecule has 0 N–H and O–H groups in total. The minimum Gasteiger partial charge on any atom is -0.548 e. The van der Waals surface area contributed by atoms with Gasteiger partial charge in [0.25, 0.3) is 0 Å². The number of amides is 3. The van der Waals surface area contributed by atoms with Crippen molar-refractivity contribution >= 4 is 17.9 Å². The third-order valence-corrected chi connectivity index (χ3v) is 5.72. The average Bonchev–Trinajstić information content (AvgIpc) is 2.90. The van der Waals surface area contributed by atoms with E-state index in [1.54, 1.807) is 23.6 Å². The average molecular weight is 372 g/mol. The summed E-state index contributed by atoms with van der Waals surface area (Å²) in [4.78, 5) is 42.9. The van der Waals surface area contributed by atoms with E-state index in [1.807, 2.05) is 7.05 Å². The van der Waals surface area contributed by atoms with E-state index >= 15 is 0 Å². The predicted octanol–water partition coefficient (Wildman–Crippen LogP) is -3.43. The fourth-order valence-electron chi connectivity index (χ4n) is 4.08. The van der Waals surface area contributed by atoms with Gasteiger partial charge in [0, 0.05) is 32.2 Å². The summed E-state index contributed by atoms with van der Waals surface area (Å²) in [5.41, 5.74) is -0.139. The van der Waals surface area contributed by atoms with E-state index in [0.29, 0.717) is 26.3 Å². The molecule has 1 spiro atoms. The zero-order valence-corrected chi connectivity index (χ0v) is 17.1. The van der Waals surface area contributed by atoms with Gasteiger partial charge in [-0.25, -0.2) is 4.79 Å². The largest absolute Gasteiger partial charge is 1.00 e. The summed E-state index contributed by atoms with van der Waals surface area (Å²) < 4.78 is 0. The fraction of sp³-hybridized carbons (Fsp3) is 0.722. The first-order valence-electron chi connectivity index (χ1n) is 8.98. The Hall–Kier alpha value is -1.49. The molecule has 2 aliphatic heterocycles. The number of hydrogen-bond donors (Lipinski definition) is 0. The van der Waals surface area contributed by atoms with Crippen LogP contribution in [0.15, 0.2) is 12.7 Å². The third kappa shape index (κ3) is 4.68. The molecule has 8 nitrogen and oxygen atoms in total. The molecule has 0 saturated carbocycles. The first-order valence-corrected chi connectivity index (χ1v) is 8.98. The summed E-state index contributed by atoms with van der Waals surface area (Å²) in [7, 11) is 3.50. The molecule has 0 aromatic carbocycles. The summed E-state index contributed by atoms with van der Waals surface area (Å²) in [5.74, 6) is -1.55. The maximum absolute atomic E-state index is 12.7. The Morgan fingerprint density at radius 1 is 1.19 bits per heavy atom. The van der Waals surface area contributed by atoms with E-state index in [0.717, 1.165) is 12.8 Å². The smallest absolute Gasteiger partial charge is 0.548 e. The van der Waals surface area contributed by atoms with Gasteiger partial charge in [-0.2, -0.15) is 0 Å². The number of urea groups is 1. The second-order valence-electron chi connectivity index (χ2n) is 7.69. The molecule has 2 rings (SSSR count). The molecule has 1 atom stereocenters. The van der Waals surface area contributed by atoms with E-state index in [2.05, 4.69) is 11.5 Å². The van der Waals surface area contributed by atoms with Crippen LogP contribution in [0.5, 0.6) is 0 Å². The maximum atomic E-state index is 12.7. The Labute approximate surface area is 173 Å². The number of nitrogens with zero attached hydrogens (tertiary/aromatic N) is 4. The standard InChI is InChI=1S/C18H30N4O4.Li/c1-6-14(23)22-11-18(19(4)12-22)7-9-21(10-8-18)17(26)20(5)15(13(2)3)16(24)25;/h6,13,15H,1,7-12H2,2-5H3,(H,24,25);/q;+1/p-1/t15-;/m0./s1. The van der Waals surface area contributed by atoms with Crippen LogP contribution in [0.4, 0.5) is 4.79 Å². The topological polar surface area (TPSA) is 87.2 Å². The Morgan fingerprint density at radius 3 is 2.19 bits per heavy atom. The van der Waals surface area contributed by atoms with Crippen LogP contribution in [0.2, 0.25) is 0 Å². The van der Waals surface area contributed by atoms with E-state index in [4.69, 9.17) is 0 Å². The summed E-state index contributed by atoms with van der Waals surface area (Å²) in [6.45, 7) is 9.30. The first kappa shape index (κ1) is 23.5. The van der Waals surface area contributed by atoms with Gasteiger partial charge in [0.2, 0.25) is 5.91 Å². The van der Waals surface area contributed by atoms with Crippen LogP contribution in [0.25, 0.3) is 0 Å². The van der Waals surface area contributed by atoms with Crippen LogP contribution >= 0.6 is 0 Å². The minimum atomic E-state index is -1.24. The van der Waals surface area contributed by atoms with Crippen LogP contribution < -0.4 is 24.0 Å². The van der Waals surface area contributed by atoms with Gasteiger partial charge in [-0.05, 0) is 31.9 Å². The summed E-state index contributed by atoms with van der Waals surface area (Å²) in [6.07, 6.45) is 2.80. The first-order chi connectivity index (χ1) is 12.1.